The first-order valence-electron chi connectivity index (χ1n) is 4.76. The Bertz CT molecular complexity index is 193. The zero-order valence-corrected chi connectivity index (χ0v) is 8.35. The van der Waals surface area contributed by atoms with Gasteiger partial charge in [0.05, 0.1) is 19.3 Å². The molecule has 0 aromatic carbocycles. The number of aliphatic hydroxyl groups excluding tert-OH is 1. The molecule has 2 N–H and O–H groups in total. The predicted molar refractivity (Wildman–Crippen MR) is 50.1 cm³/mol. The molecular weight excluding hydrogens is 186 g/mol. The summed E-state index contributed by atoms with van der Waals surface area (Å²) in [5, 5.41) is 18.1. The van der Waals surface area contributed by atoms with Crippen LogP contribution in [0.3, 0.4) is 0 Å². The summed E-state index contributed by atoms with van der Waals surface area (Å²) in [4.78, 5) is 12.3. The second-order valence-electron chi connectivity index (χ2n) is 3.66. The zero-order valence-electron chi connectivity index (χ0n) is 8.35. The molecule has 0 amide bonds. The second-order valence-corrected chi connectivity index (χ2v) is 3.66. The Morgan fingerprint density at radius 3 is 2.71 bits per heavy atom. The summed E-state index contributed by atoms with van der Waals surface area (Å²) < 4.78 is 4.79. The van der Waals surface area contributed by atoms with Crippen LogP contribution in [0.5, 0.6) is 0 Å². The summed E-state index contributed by atoms with van der Waals surface area (Å²) in [6.07, 6.45) is 1.47. The van der Waals surface area contributed by atoms with E-state index in [1.165, 1.54) is 7.11 Å². The number of hydrogen-bond donors (Lipinski definition) is 2. The number of aliphatic hydroxyl groups is 1. The van der Waals surface area contributed by atoms with E-state index in [4.69, 9.17) is 9.84 Å². The lowest BCUT2D eigenvalue weighted by Gasteiger charge is -2.22. The Morgan fingerprint density at radius 2 is 2.29 bits per heavy atom. The second kappa shape index (κ2) is 5.29. The van der Waals surface area contributed by atoms with Gasteiger partial charge in [-0.2, -0.15) is 0 Å². The molecule has 1 unspecified atom stereocenters. The molecule has 0 aromatic rings. The van der Waals surface area contributed by atoms with Crippen molar-refractivity contribution in [3.05, 3.63) is 0 Å². The van der Waals surface area contributed by atoms with Crippen LogP contribution >= 0.6 is 0 Å². The van der Waals surface area contributed by atoms with Crippen LogP contribution < -0.4 is 0 Å². The summed E-state index contributed by atoms with van der Waals surface area (Å²) in [6, 6.07) is 0.345. The quantitative estimate of drug-likeness (QED) is 0.586. The molecule has 14 heavy (non-hydrogen) atoms. The van der Waals surface area contributed by atoms with Crippen molar-refractivity contribution < 1.29 is 19.7 Å². The molecule has 0 heterocycles. The van der Waals surface area contributed by atoms with E-state index in [1.54, 1.807) is 4.90 Å². The molecule has 1 fully saturated rings. The third-order valence-electron chi connectivity index (χ3n) is 2.21. The van der Waals surface area contributed by atoms with Gasteiger partial charge in [0.1, 0.15) is 0 Å². The summed E-state index contributed by atoms with van der Waals surface area (Å²) in [7, 11) is 1.52. The minimum atomic E-state index is -0.846. The highest BCUT2D eigenvalue weighted by Gasteiger charge is 2.31. The minimum Gasteiger partial charge on any atom is -0.480 e. The van der Waals surface area contributed by atoms with Crippen LogP contribution in [0.4, 0.5) is 0 Å². The van der Waals surface area contributed by atoms with Crippen molar-refractivity contribution in [2.24, 2.45) is 0 Å². The van der Waals surface area contributed by atoms with Crippen LogP contribution in [-0.2, 0) is 9.53 Å². The third kappa shape index (κ3) is 4.04. The van der Waals surface area contributed by atoms with Crippen molar-refractivity contribution in [2.45, 2.75) is 25.0 Å². The Kier molecular flexibility index (Phi) is 4.31. The SMILES string of the molecule is COCC(O)CN(CC(=O)O)C1CC1. The van der Waals surface area contributed by atoms with E-state index in [-0.39, 0.29) is 13.2 Å². The minimum absolute atomic E-state index is 0.00540. The number of carboxylic acid groups (broad SMARTS) is 1. The van der Waals surface area contributed by atoms with Gasteiger partial charge in [-0.25, -0.2) is 0 Å². The molecule has 1 aliphatic rings. The van der Waals surface area contributed by atoms with Crippen molar-refractivity contribution in [2.75, 3.05) is 26.8 Å². The number of hydrogen-bond acceptors (Lipinski definition) is 4. The van der Waals surface area contributed by atoms with Gasteiger partial charge in [0.15, 0.2) is 0 Å². The van der Waals surface area contributed by atoms with Gasteiger partial charge >= 0.3 is 5.97 Å². The Balaban J connectivity index is 2.30. The molecule has 0 bridgehead atoms. The molecule has 5 heteroatoms. The predicted octanol–water partition coefficient (Wildman–Crippen LogP) is -0.457. The number of ether oxygens (including phenoxy) is 1. The number of methoxy groups -OCH3 is 1. The van der Waals surface area contributed by atoms with E-state index in [0.717, 1.165) is 12.8 Å². The van der Waals surface area contributed by atoms with E-state index in [2.05, 4.69) is 0 Å². The van der Waals surface area contributed by atoms with Crippen LogP contribution in [0.25, 0.3) is 0 Å². The van der Waals surface area contributed by atoms with E-state index in [0.29, 0.717) is 12.6 Å². The van der Waals surface area contributed by atoms with E-state index < -0.39 is 12.1 Å². The van der Waals surface area contributed by atoms with E-state index in [9.17, 15) is 9.90 Å². The Hall–Kier alpha value is -0.650. The highest BCUT2D eigenvalue weighted by molar-refractivity contribution is 5.69. The van der Waals surface area contributed by atoms with E-state index >= 15 is 0 Å². The van der Waals surface area contributed by atoms with Gasteiger partial charge in [-0.1, -0.05) is 0 Å². The molecule has 0 saturated heterocycles. The van der Waals surface area contributed by atoms with E-state index in [1.807, 2.05) is 0 Å². The fraction of sp³-hybridized carbons (Fsp3) is 0.889. The largest absolute Gasteiger partial charge is 0.480 e. The van der Waals surface area contributed by atoms with Crippen molar-refractivity contribution in [3.8, 4) is 0 Å². The number of rotatable bonds is 7. The van der Waals surface area contributed by atoms with Gasteiger partial charge in [0.25, 0.3) is 0 Å². The van der Waals surface area contributed by atoms with Crippen LogP contribution in [0.2, 0.25) is 0 Å². The molecule has 1 atom stereocenters. The van der Waals surface area contributed by atoms with Crippen LogP contribution in [0.15, 0.2) is 0 Å². The first-order valence-corrected chi connectivity index (χ1v) is 4.76. The first-order chi connectivity index (χ1) is 6.63. The Morgan fingerprint density at radius 1 is 1.64 bits per heavy atom. The van der Waals surface area contributed by atoms with Crippen LogP contribution in [0, 0.1) is 0 Å². The number of carboxylic acids is 1. The van der Waals surface area contributed by atoms with Gasteiger partial charge in [0, 0.05) is 19.7 Å². The lowest BCUT2D eigenvalue weighted by molar-refractivity contribution is -0.138. The van der Waals surface area contributed by atoms with Crippen molar-refractivity contribution >= 4 is 5.97 Å². The number of nitrogens with zero attached hydrogens (tertiary/aromatic N) is 1. The molecule has 0 spiro atoms. The molecule has 1 rings (SSSR count). The normalized spacial score (nSPS) is 18.5. The maximum Gasteiger partial charge on any atom is 0.317 e. The van der Waals surface area contributed by atoms with Gasteiger partial charge in [-0.3, -0.25) is 9.69 Å². The van der Waals surface area contributed by atoms with Crippen molar-refractivity contribution in [1.29, 1.82) is 0 Å². The molecule has 1 saturated carbocycles. The van der Waals surface area contributed by atoms with Gasteiger partial charge in [-0.15, -0.1) is 0 Å². The molecular formula is C9H17NO4. The maximum atomic E-state index is 10.5. The molecule has 1 aliphatic carbocycles. The molecule has 0 aliphatic heterocycles. The molecule has 0 aromatic heterocycles. The van der Waals surface area contributed by atoms with Crippen molar-refractivity contribution in [3.63, 3.8) is 0 Å². The lowest BCUT2D eigenvalue weighted by Crippen LogP contribution is -2.39. The van der Waals surface area contributed by atoms with Crippen LogP contribution in [-0.4, -0.2) is 60.0 Å². The average molecular weight is 203 g/mol. The van der Waals surface area contributed by atoms with Crippen molar-refractivity contribution in [1.82, 2.24) is 4.90 Å². The Labute approximate surface area is 83.3 Å². The first kappa shape index (κ1) is 11.4. The maximum absolute atomic E-state index is 10.5. The standard InChI is InChI=1S/C9H17NO4/c1-14-6-8(11)4-10(5-9(12)13)7-2-3-7/h7-8,11H,2-6H2,1H3,(H,12,13). The highest BCUT2D eigenvalue weighted by Crippen LogP contribution is 2.26. The van der Waals surface area contributed by atoms with Crippen LogP contribution in [0.1, 0.15) is 12.8 Å². The monoisotopic (exact) mass is 203 g/mol. The van der Waals surface area contributed by atoms with Gasteiger partial charge < -0.3 is 14.9 Å². The smallest absolute Gasteiger partial charge is 0.317 e. The summed E-state index contributed by atoms with van der Waals surface area (Å²) in [5.74, 6) is -0.846. The van der Waals surface area contributed by atoms with Gasteiger partial charge in [0.2, 0.25) is 0 Å². The molecule has 82 valence electrons. The summed E-state index contributed by atoms with van der Waals surface area (Å²) in [5.41, 5.74) is 0. The third-order valence-corrected chi connectivity index (χ3v) is 2.21. The average Bonchev–Trinajstić information content (AvgIpc) is 2.84. The summed E-state index contributed by atoms with van der Waals surface area (Å²) in [6.45, 7) is 0.638. The summed E-state index contributed by atoms with van der Waals surface area (Å²) >= 11 is 0. The lowest BCUT2D eigenvalue weighted by atomic mass is 10.3. The molecule has 5 nitrogen and oxygen atoms in total. The number of carbonyl (C=O) groups is 1. The fourth-order valence-corrected chi connectivity index (χ4v) is 1.47. The fourth-order valence-electron chi connectivity index (χ4n) is 1.47. The highest BCUT2D eigenvalue weighted by atomic mass is 16.5. The topological polar surface area (TPSA) is 70.0 Å². The number of aliphatic carboxylic acids is 1. The molecule has 0 radical (unpaired) electrons. The zero-order chi connectivity index (χ0) is 10.6. The van der Waals surface area contributed by atoms with Gasteiger partial charge in [-0.05, 0) is 12.8 Å².